The van der Waals surface area contributed by atoms with Crippen LogP contribution in [0.5, 0.6) is 5.75 Å². The van der Waals surface area contributed by atoms with E-state index in [1.807, 2.05) is 24.3 Å². The van der Waals surface area contributed by atoms with Crippen molar-refractivity contribution in [2.45, 2.75) is 0 Å². The summed E-state index contributed by atoms with van der Waals surface area (Å²) in [4.78, 5) is 16.1. The molecule has 1 heterocycles. The summed E-state index contributed by atoms with van der Waals surface area (Å²) in [7, 11) is 0. The topological polar surface area (TPSA) is 69.0 Å². The fourth-order valence-electron chi connectivity index (χ4n) is 2.03. The zero-order chi connectivity index (χ0) is 16.9. The molecule has 0 fully saturated rings. The summed E-state index contributed by atoms with van der Waals surface area (Å²) < 4.78 is 8.03. The Morgan fingerprint density at radius 1 is 1.29 bits per heavy atom. The van der Waals surface area contributed by atoms with Crippen LogP contribution in [0, 0.1) is 3.57 Å². The number of nitrogens with zero attached hydrogens (tertiary/aromatic N) is 3. The van der Waals surface area contributed by atoms with Gasteiger partial charge in [-0.3, -0.25) is 4.79 Å². The predicted octanol–water partition coefficient (Wildman–Crippen LogP) is 3.54. The lowest BCUT2D eigenvalue weighted by atomic mass is 10.2. The first-order valence-electron chi connectivity index (χ1n) is 6.95. The highest BCUT2D eigenvalue weighted by Crippen LogP contribution is 2.24. The minimum absolute atomic E-state index is 0.108. The van der Waals surface area contributed by atoms with Crippen LogP contribution in [0.1, 0.15) is 0 Å². The second-order valence-corrected chi connectivity index (χ2v) is 6.37. The van der Waals surface area contributed by atoms with Crippen LogP contribution in [-0.4, -0.2) is 27.3 Å². The van der Waals surface area contributed by atoms with E-state index in [0.29, 0.717) is 22.1 Å². The van der Waals surface area contributed by atoms with Gasteiger partial charge in [0.2, 0.25) is 0 Å². The van der Waals surface area contributed by atoms with Crippen LogP contribution in [0.4, 0.5) is 5.69 Å². The standard InChI is InChI=1S/C16H12ClIN4O2/c17-11-5-6-14(22-10-19-9-20-22)13(7-11)21-16(23)8-24-15-4-2-1-3-12(15)18/h1-7,9-10H,8H2,(H,21,23). The number of benzene rings is 2. The molecule has 0 unspecified atom stereocenters. The Morgan fingerprint density at radius 3 is 2.88 bits per heavy atom. The Morgan fingerprint density at radius 2 is 2.12 bits per heavy atom. The Kier molecular flexibility index (Phi) is 5.31. The van der Waals surface area contributed by atoms with Crippen molar-refractivity contribution in [2.24, 2.45) is 0 Å². The Bertz CT molecular complexity index is 855. The number of nitrogens with one attached hydrogen (secondary N) is 1. The van der Waals surface area contributed by atoms with Crippen molar-refractivity contribution in [2.75, 3.05) is 11.9 Å². The minimum Gasteiger partial charge on any atom is -0.483 e. The summed E-state index contributed by atoms with van der Waals surface area (Å²) in [5, 5.41) is 7.37. The van der Waals surface area contributed by atoms with Gasteiger partial charge in [0.1, 0.15) is 18.4 Å². The molecule has 0 bridgehead atoms. The normalized spacial score (nSPS) is 10.4. The second-order valence-electron chi connectivity index (χ2n) is 4.77. The molecule has 0 aliphatic heterocycles. The molecule has 3 rings (SSSR count). The number of rotatable bonds is 5. The smallest absolute Gasteiger partial charge is 0.262 e. The third-order valence-electron chi connectivity index (χ3n) is 3.09. The zero-order valence-electron chi connectivity index (χ0n) is 12.3. The number of aromatic nitrogens is 3. The largest absolute Gasteiger partial charge is 0.483 e. The van der Waals surface area contributed by atoms with Gasteiger partial charge in [0.15, 0.2) is 6.61 Å². The molecular formula is C16H12ClIN4O2. The number of para-hydroxylation sites is 1. The Balaban J connectivity index is 1.72. The van der Waals surface area contributed by atoms with Crippen molar-refractivity contribution in [3.63, 3.8) is 0 Å². The Hall–Kier alpha value is -2.13. The van der Waals surface area contributed by atoms with E-state index in [4.69, 9.17) is 16.3 Å². The minimum atomic E-state index is -0.293. The van der Waals surface area contributed by atoms with E-state index < -0.39 is 0 Å². The first-order valence-corrected chi connectivity index (χ1v) is 8.41. The second kappa shape index (κ2) is 7.63. The molecule has 0 spiro atoms. The molecule has 3 aromatic rings. The van der Waals surface area contributed by atoms with Crippen molar-refractivity contribution < 1.29 is 9.53 Å². The first-order chi connectivity index (χ1) is 11.6. The molecule has 0 saturated heterocycles. The first kappa shape index (κ1) is 16.7. The van der Waals surface area contributed by atoms with Crippen LogP contribution < -0.4 is 10.1 Å². The van der Waals surface area contributed by atoms with E-state index in [9.17, 15) is 4.79 Å². The number of hydrogen-bond donors (Lipinski definition) is 1. The van der Waals surface area contributed by atoms with Crippen molar-refractivity contribution >= 4 is 45.8 Å². The summed E-state index contributed by atoms with van der Waals surface area (Å²) >= 11 is 8.18. The molecule has 0 saturated carbocycles. The van der Waals surface area contributed by atoms with E-state index in [1.165, 1.54) is 6.33 Å². The SMILES string of the molecule is O=C(COc1ccccc1I)Nc1cc(Cl)ccc1-n1cncn1. The summed E-state index contributed by atoms with van der Waals surface area (Å²) in [6.45, 7) is -0.108. The van der Waals surface area contributed by atoms with E-state index >= 15 is 0 Å². The van der Waals surface area contributed by atoms with Crippen LogP contribution in [0.2, 0.25) is 5.02 Å². The fourth-order valence-corrected chi connectivity index (χ4v) is 2.75. The van der Waals surface area contributed by atoms with Crippen molar-refractivity contribution in [1.29, 1.82) is 0 Å². The number of anilines is 1. The van der Waals surface area contributed by atoms with Crippen LogP contribution in [0.3, 0.4) is 0 Å². The van der Waals surface area contributed by atoms with Crippen LogP contribution >= 0.6 is 34.2 Å². The number of carbonyl (C=O) groups is 1. The van der Waals surface area contributed by atoms with Gasteiger partial charge >= 0.3 is 0 Å². The maximum atomic E-state index is 12.2. The highest BCUT2D eigenvalue weighted by molar-refractivity contribution is 14.1. The summed E-state index contributed by atoms with van der Waals surface area (Å²) in [5.41, 5.74) is 1.20. The monoisotopic (exact) mass is 454 g/mol. The van der Waals surface area contributed by atoms with Gasteiger partial charge in [0.25, 0.3) is 5.91 Å². The van der Waals surface area contributed by atoms with Crippen molar-refractivity contribution in [1.82, 2.24) is 14.8 Å². The summed E-state index contributed by atoms with van der Waals surface area (Å²) in [5.74, 6) is 0.370. The van der Waals surface area contributed by atoms with E-state index in [2.05, 4.69) is 38.0 Å². The third-order valence-corrected chi connectivity index (χ3v) is 4.22. The lowest BCUT2D eigenvalue weighted by molar-refractivity contribution is -0.118. The van der Waals surface area contributed by atoms with Gasteiger partial charge in [-0.2, -0.15) is 5.10 Å². The van der Waals surface area contributed by atoms with Crippen molar-refractivity contribution in [3.05, 3.63) is 63.7 Å². The molecule has 0 radical (unpaired) electrons. The number of carbonyl (C=O) groups excluding carboxylic acids is 1. The van der Waals surface area contributed by atoms with Gasteiger partial charge in [-0.15, -0.1) is 0 Å². The Labute approximate surface area is 156 Å². The molecule has 0 aliphatic carbocycles. The van der Waals surface area contributed by atoms with Crippen LogP contribution in [0.25, 0.3) is 5.69 Å². The molecule has 122 valence electrons. The zero-order valence-corrected chi connectivity index (χ0v) is 15.2. The molecule has 6 nitrogen and oxygen atoms in total. The quantitative estimate of drug-likeness (QED) is 0.599. The molecule has 1 aromatic heterocycles. The highest BCUT2D eigenvalue weighted by atomic mass is 127. The van der Waals surface area contributed by atoms with Crippen LogP contribution in [0.15, 0.2) is 55.1 Å². The molecule has 0 aliphatic rings. The molecule has 2 aromatic carbocycles. The van der Waals surface area contributed by atoms with Gasteiger partial charge in [0, 0.05) is 5.02 Å². The molecule has 1 N–H and O–H groups in total. The molecule has 24 heavy (non-hydrogen) atoms. The molecular weight excluding hydrogens is 443 g/mol. The van der Waals surface area contributed by atoms with Gasteiger partial charge in [-0.25, -0.2) is 9.67 Å². The molecule has 8 heteroatoms. The summed E-state index contributed by atoms with van der Waals surface area (Å²) in [6, 6.07) is 12.6. The van der Waals surface area contributed by atoms with E-state index in [1.54, 1.807) is 29.2 Å². The maximum absolute atomic E-state index is 12.2. The molecule has 1 amide bonds. The lowest BCUT2D eigenvalue weighted by Crippen LogP contribution is -2.21. The lowest BCUT2D eigenvalue weighted by Gasteiger charge is -2.12. The number of ether oxygens (including phenoxy) is 1. The maximum Gasteiger partial charge on any atom is 0.262 e. The average molecular weight is 455 g/mol. The average Bonchev–Trinajstić information content (AvgIpc) is 3.08. The summed E-state index contributed by atoms with van der Waals surface area (Å²) in [6.07, 6.45) is 2.96. The van der Waals surface area contributed by atoms with Crippen molar-refractivity contribution in [3.8, 4) is 11.4 Å². The number of amides is 1. The predicted molar refractivity (Wildman–Crippen MR) is 99.7 cm³/mol. The fraction of sp³-hybridized carbons (Fsp3) is 0.0625. The van der Waals surface area contributed by atoms with Crippen LogP contribution in [-0.2, 0) is 4.79 Å². The number of halogens is 2. The third kappa shape index (κ3) is 4.04. The van der Waals surface area contributed by atoms with E-state index in [0.717, 1.165) is 3.57 Å². The molecule has 0 atom stereocenters. The number of hydrogen-bond acceptors (Lipinski definition) is 4. The van der Waals surface area contributed by atoms with Gasteiger partial charge < -0.3 is 10.1 Å². The van der Waals surface area contributed by atoms with Gasteiger partial charge in [-0.05, 0) is 52.9 Å². The van der Waals surface area contributed by atoms with Gasteiger partial charge in [-0.1, -0.05) is 23.7 Å². The highest BCUT2D eigenvalue weighted by Gasteiger charge is 2.11. The van der Waals surface area contributed by atoms with E-state index in [-0.39, 0.29) is 12.5 Å². The van der Waals surface area contributed by atoms with Gasteiger partial charge in [0.05, 0.1) is 14.9 Å².